The second-order valence-electron chi connectivity index (χ2n) is 5.11. The Labute approximate surface area is 132 Å². The summed E-state index contributed by atoms with van der Waals surface area (Å²) in [7, 11) is 1.83. The Morgan fingerprint density at radius 3 is 2.67 bits per heavy atom. The van der Waals surface area contributed by atoms with Crippen molar-refractivity contribution >= 4 is 34.7 Å². The first-order chi connectivity index (χ1) is 10.0. The van der Waals surface area contributed by atoms with Crippen molar-refractivity contribution in [2.45, 2.75) is 13.0 Å². The molecule has 3 rings (SSSR count). The molecule has 2 aromatic rings. The van der Waals surface area contributed by atoms with Gasteiger partial charge in [-0.05, 0) is 31.2 Å². The van der Waals surface area contributed by atoms with Crippen molar-refractivity contribution in [1.82, 2.24) is 15.1 Å². The average molecular weight is 323 g/mol. The quantitative estimate of drug-likeness (QED) is 0.871. The van der Waals surface area contributed by atoms with Gasteiger partial charge in [-0.2, -0.15) is 5.10 Å². The second-order valence-corrected chi connectivity index (χ2v) is 6.83. The maximum atomic E-state index is 12.3. The Hall–Kier alpha value is -1.66. The van der Waals surface area contributed by atoms with Gasteiger partial charge in [0, 0.05) is 20.1 Å². The smallest absolute Gasteiger partial charge is 0.264 e. The fourth-order valence-electron chi connectivity index (χ4n) is 2.22. The number of aryl methyl sites for hydroxylation is 1. The fraction of sp³-hybridized carbons (Fsp3) is 0.357. The predicted octanol–water partition coefficient (Wildman–Crippen LogP) is 2.46. The van der Waals surface area contributed by atoms with Gasteiger partial charge in [-0.3, -0.25) is 4.79 Å². The molecule has 1 aliphatic rings. The number of thiophene rings is 1. The van der Waals surface area contributed by atoms with Crippen molar-refractivity contribution in [2.75, 3.05) is 25.0 Å². The normalized spacial score (nSPS) is 14.9. The molecule has 0 atom stereocenters. The van der Waals surface area contributed by atoms with Crippen LogP contribution in [-0.4, -0.2) is 47.2 Å². The number of carbonyl (C=O) groups excluding carboxylic acids is 1. The molecule has 3 heterocycles. The maximum absolute atomic E-state index is 12.3. The van der Waals surface area contributed by atoms with Crippen LogP contribution in [0, 0.1) is 6.92 Å². The molecule has 1 aliphatic heterocycles. The standard InChI is InChI=1S/C14H15ClN4OS/c1-9-3-6-13(17-16-9)19-7-10(8-19)18(2)14(20)11-4-5-12(15)21-11/h3-6,10H,7-8H2,1-2H3. The first-order valence-corrected chi connectivity index (χ1v) is 7.82. The summed E-state index contributed by atoms with van der Waals surface area (Å²) in [6, 6.07) is 7.62. The van der Waals surface area contributed by atoms with Gasteiger partial charge in [-0.15, -0.1) is 16.4 Å². The third-order valence-electron chi connectivity index (χ3n) is 3.62. The zero-order valence-corrected chi connectivity index (χ0v) is 13.4. The largest absolute Gasteiger partial charge is 0.351 e. The highest BCUT2D eigenvalue weighted by Gasteiger charge is 2.34. The highest BCUT2D eigenvalue weighted by Crippen LogP contribution is 2.25. The Morgan fingerprint density at radius 1 is 1.33 bits per heavy atom. The van der Waals surface area contributed by atoms with E-state index >= 15 is 0 Å². The Morgan fingerprint density at radius 2 is 2.10 bits per heavy atom. The maximum Gasteiger partial charge on any atom is 0.264 e. The van der Waals surface area contributed by atoms with E-state index in [0.29, 0.717) is 9.21 Å². The summed E-state index contributed by atoms with van der Waals surface area (Å²) in [5.74, 6) is 0.878. The molecule has 0 spiro atoms. The van der Waals surface area contributed by atoms with Crippen LogP contribution in [0.5, 0.6) is 0 Å². The van der Waals surface area contributed by atoms with Crippen LogP contribution in [-0.2, 0) is 0 Å². The number of rotatable bonds is 3. The van der Waals surface area contributed by atoms with Crippen LogP contribution >= 0.6 is 22.9 Å². The Kier molecular flexibility index (Phi) is 3.82. The summed E-state index contributed by atoms with van der Waals surface area (Å²) in [5, 5.41) is 8.21. The molecule has 21 heavy (non-hydrogen) atoms. The van der Waals surface area contributed by atoms with E-state index in [2.05, 4.69) is 15.1 Å². The molecule has 0 bridgehead atoms. The minimum atomic E-state index is 0.0199. The minimum Gasteiger partial charge on any atom is -0.351 e. The zero-order chi connectivity index (χ0) is 15.0. The van der Waals surface area contributed by atoms with Gasteiger partial charge in [-0.25, -0.2) is 0 Å². The van der Waals surface area contributed by atoms with Crippen LogP contribution in [0.2, 0.25) is 4.34 Å². The zero-order valence-electron chi connectivity index (χ0n) is 11.8. The summed E-state index contributed by atoms with van der Waals surface area (Å²) in [6.45, 7) is 3.46. The van der Waals surface area contributed by atoms with Gasteiger partial charge in [0.15, 0.2) is 5.82 Å². The summed E-state index contributed by atoms with van der Waals surface area (Å²) in [6.07, 6.45) is 0. The highest BCUT2D eigenvalue weighted by atomic mass is 35.5. The minimum absolute atomic E-state index is 0.0199. The number of carbonyl (C=O) groups is 1. The van der Waals surface area contributed by atoms with Crippen molar-refractivity contribution in [3.8, 4) is 0 Å². The first-order valence-electron chi connectivity index (χ1n) is 6.62. The molecular formula is C14H15ClN4OS. The van der Waals surface area contributed by atoms with Crippen LogP contribution in [0.1, 0.15) is 15.4 Å². The number of amides is 1. The average Bonchev–Trinajstić information content (AvgIpc) is 2.85. The topological polar surface area (TPSA) is 49.3 Å². The number of hydrogen-bond acceptors (Lipinski definition) is 5. The monoisotopic (exact) mass is 322 g/mol. The van der Waals surface area contributed by atoms with E-state index in [0.717, 1.165) is 24.6 Å². The van der Waals surface area contributed by atoms with Gasteiger partial charge in [-0.1, -0.05) is 11.6 Å². The Balaban J connectivity index is 1.60. The lowest BCUT2D eigenvalue weighted by molar-refractivity contribution is 0.0710. The van der Waals surface area contributed by atoms with Gasteiger partial charge in [0.2, 0.25) is 0 Å². The SMILES string of the molecule is Cc1ccc(N2CC(N(C)C(=O)c3ccc(Cl)s3)C2)nn1. The van der Waals surface area contributed by atoms with E-state index in [9.17, 15) is 4.79 Å². The Bertz CT molecular complexity index is 651. The third-order valence-corrected chi connectivity index (χ3v) is 4.84. The number of nitrogens with zero attached hydrogens (tertiary/aromatic N) is 4. The van der Waals surface area contributed by atoms with E-state index in [1.54, 1.807) is 17.0 Å². The number of aromatic nitrogens is 2. The van der Waals surface area contributed by atoms with Crippen LogP contribution in [0.3, 0.4) is 0 Å². The molecule has 1 fully saturated rings. The predicted molar refractivity (Wildman–Crippen MR) is 84.2 cm³/mol. The molecule has 0 radical (unpaired) electrons. The lowest BCUT2D eigenvalue weighted by atomic mass is 10.1. The summed E-state index contributed by atoms with van der Waals surface area (Å²) in [5.41, 5.74) is 0.901. The molecule has 1 saturated heterocycles. The molecule has 0 aromatic carbocycles. The van der Waals surface area contributed by atoms with Crippen molar-refractivity contribution in [3.05, 3.63) is 39.2 Å². The number of anilines is 1. The molecule has 5 nitrogen and oxygen atoms in total. The van der Waals surface area contributed by atoms with E-state index in [4.69, 9.17) is 11.6 Å². The molecule has 1 amide bonds. The lowest BCUT2D eigenvalue weighted by Crippen LogP contribution is -2.60. The fourth-order valence-corrected chi connectivity index (χ4v) is 3.24. The number of hydrogen-bond donors (Lipinski definition) is 0. The van der Waals surface area contributed by atoms with Gasteiger partial charge in [0.25, 0.3) is 5.91 Å². The van der Waals surface area contributed by atoms with E-state index in [1.165, 1.54) is 11.3 Å². The lowest BCUT2D eigenvalue weighted by Gasteiger charge is -2.44. The summed E-state index contributed by atoms with van der Waals surface area (Å²) < 4.78 is 0.636. The molecule has 0 saturated carbocycles. The van der Waals surface area contributed by atoms with Crippen LogP contribution in [0.15, 0.2) is 24.3 Å². The summed E-state index contributed by atoms with van der Waals surface area (Å²) >= 11 is 7.19. The van der Waals surface area contributed by atoms with E-state index in [1.807, 2.05) is 26.1 Å². The number of likely N-dealkylation sites (N-methyl/N-ethyl adjacent to an activating group) is 1. The van der Waals surface area contributed by atoms with E-state index < -0.39 is 0 Å². The first kappa shape index (κ1) is 14.3. The van der Waals surface area contributed by atoms with Gasteiger partial charge >= 0.3 is 0 Å². The van der Waals surface area contributed by atoms with Crippen LogP contribution < -0.4 is 4.90 Å². The molecule has 0 N–H and O–H groups in total. The van der Waals surface area contributed by atoms with Gasteiger partial charge in [0.05, 0.1) is 20.9 Å². The van der Waals surface area contributed by atoms with Gasteiger partial charge in [0.1, 0.15) is 0 Å². The molecular weight excluding hydrogens is 308 g/mol. The van der Waals surface area contributed by atoms with Crippen molar-refractivity contribution in [2.24, 2.45) is 0 Å². The molecule has 0 aliphatic carbocycles. The third kappa shape index (κ3) is 2.87. The molecule has 110 valence electrons. The molecule has 0 unspecified atom stereocenters. The number of halogens is 1. The van der Waals surface area contributed by atoms with Gasteiger partial charge < -0.3 is 9.80 Å². The van der Waals surface area contributed by atoms with Crippen molar-refractivity contribution in [1.29, 1.82) is 0 Å². The second kappa shape index (κ2) is 5.61. The highest BCUT2D eigenvalue weighted by molar-refractivity contribution is 7.17. The molecule has 2 aromatic heterocycles. The van der Waals surface area contributed by atoms with E-state index in [-0.39, 0.29) is 11.9 Å². The van der Waals surface area contributed by atoms with Crippen molar-refractivity contribution < 1.29 is 4.79 Å². The van der Waals surface area contributed by atoms with Crippen molar-refractivity contribution in [3.63, 3.8) is 0 Å². The molecule has 7 heteroatoms. The summed E-state index contributed by atoms with van der Waals surface area (Å²) in [4.78, 5) is 16.9. The van der Waals surface area contributed by atoms with Crippen LogP contribution in [0.25, 0.3) is 0 Å². The van der Waals surface area contributed by atoms with Crippen LogP contribution in [0.4, 0.5) is 5.82 Å².